The molecule has 20 heavy (non-hydrogen) atoms. The van der Waals surface area contributed by atoms with Crippen LogP contribution in [0.5, 0.6) is 0 Å². The summed E-state index contributed by atoms with van der Waals surface area (Å²) in [6.07, 6.45) is 0. The van der Waals surface area contributed by atoms with Crippen molar-refractivity contribution in [3.05, 3.63) is 34.5 Å². The summed E-state index contributed by atoms with van der Waals surface area (Å²) < 4.78 is 8.49. The summed E-state index contributed by atoms with van der Waals surface area (Å²) in [7, 11) is 3.90. The Morgan fingerprint density at radius 1 is 1.35 bits per heavy atom. The van der Waals surface area contributed by atoms with Crippen molar-refractivity contribution in [1.29, 1.82) is 0 Å². The van der Waals surface area contributed by atoms with Gasteiger partial charge in [0.15, 0.2) is 11.5 Å². The first-order valence-electron chi connectivity index (χ1n) is 6.33. The molecule has 0 aliphatic carbocycles. The summed E-state index contributed by atoms with van der Waals surface area (Å²) in [6.45, 7) is 2.57. The average Bonchev–Trinajstić information content (AvgIpc) is 2.92. The Morgan fingerprint density at radius 3 is 2.90 bits per heavy atom. The van der Waals surface area contributed by atoms with Gasteiger partial charge < -0.3 is 14.3 Å². The Labute approximate surface area is 125 Å². The maximum atomic E-state index is 5.50. The largest absolute Gasteiger partial charge is 0.441 e. The second-order valence-electron chi connectivity index (χ2n) is 4.67. The molecule has 0 saturated heterocycles. The minimum Gasteiger partial charge on any atom is -0.441 e. The van der Waals surface area contributed by atoms with Gasteiger partial charge in [0.05, 0.1) is 6.54 Å². The predicted molar refractivity (Wildman–Crippen MR) is 81.4 cm³/mol. The number of halogens is 1. The van der Waals surface area contributed by atoms with Gasteiger partial charge in [-0.3, -0.25) is 0 Å². The molecular weight excluding hydrogens is 320 g/mol. The fourth-order valence-electron chi connectivity index (χ4n) is 2.21. The second-order valence-corrected chi connectivity index (χ2v) is 5.42. The molecule has 0 amide bonds. The summed E-state index contributed by atoms with van der Waals surface area (Å²) in [5.74, 6) is 1.65. The molecule has 0 aliphatic heterocycles. The molecule has 0 radical (unpaired) electrons. The lowest BCUT2D eigenvalue weighted by Gasteiger charge is -2.00. The van der Waals surface area contributed by atoms with Crippen molar-refractivity contribution < 1.29 is 4.42 Å². The Balaban J connectivity index is 2.12. The number of hydrogen-bond acceptors (Lipinski definition) is 4. The van der Waals surface area contributed by atoms with E-state index in [4.69, 9.17) is 4.42 Å². The maximum absolute atomic E-state index is 5.50. The van der Waals surface area contributed by atoms with E-state index >= 15 is 0 Å². The predicted octanol–water partition coefficient (Wildman–Crippen LogP) is 3.02. The Kier molecular flexibility index (Phi) is 3.35. The van der Waals surface area contributed by atoms with Crippen LogP contribution in [0.15, 0.2) is 27.2 Å². The first kappa shape index (κ1) is 13.3. The van der Waals surface area contributed by atoms with Crippen molar-refractivity contribution in [3.8, 4) is 11.3 Å². The molecule has 0 atom stereocenters. The van der Waals surface area contributed by atoms with Crippen molar-refractivity contribution in [2.75, 3.05) is 7.05 Å². The second kappa shape index (κ2) is 5.03. The van der Waals surface area contributed by atoms with Crippen LogP contribution in [-0.2, 0) is 13.6 Å². The van der Waals surface area contributed by atoms with Gasteiger partial charge >= 0.3 is 0 Å². The molecule has 1 N–H and O–H groups in total. The maximum Gasteiger partial charge on any atom is 0.192 e. The number of fused-ring (bicyclic) bond motifs is 1. The number of hydrogen-bond donors (Lipinski definition) is 1. The molecule has 5 nitrogen and oxygen atoms in total. The topological polar surface area (TPSA) is 55.9 Å². The van der Waals surface area contributed by atoms with Crippen molar-refractivity contribution >= 4 is 27.0 Å². The first-order valence-corrected chi connectivity index (χ1v) is 7.12. The summed E-state index contributed by atoms with van der Waals surface area (Å²) in [4.78, 5) is 9.04. The monoisotopic (exact) mass is 334 g/mol. The lowest BCUT2D eigenvalue weighted by atomic mass is 10.1. The number of oxazole rings is 1. The number of benzene rings is 1. The van der Waals surface area contributed by atoms with Crippen LogP contribution in [0, 0.1) is 6.92 Å². The SMILES string of the molecule is CNCc1nc(-c2ccc3oc(C)nc3c2)c(Br)n1C. The van der Waals surface area contributed by atoms with Gasteiger partial charge in [0.1, 0.15) is 21.6 Å². The van der Waals surface area contributed by atoms with E-state index in [1.54, 1.807) is 0 Å². The highest BCUT2D eigenvalue weighted by Crippen LogP contribution is 2.30. The van der Waals surface area contributed by atoms with Crippen LogP contribution < -0.4 is 5.32 Å². The van der Waals surface area contributed by atoms with Gasteiger partial charge in [-0.05, 0) is 41.2 Å². The van der Waals surface area contributed by atoms with Crippen LogP contribution in [0.1, 0.15) is 11.7 Å². The van der Waals surface area contributed by atoms with E-state index < -0.39 is 0 Å². The molecule has 0 aliphatic rings. The van der Waals surface area contributed by atoms with Gasteiger partial charge in [-0.15, -0.1) is 0 Å². The highest BCUT2D eigenvalue weighted by molar-refractivity contribution is 9.10. The first-order chi connectivity index (χ1) is 9.60. The van der Waals surface area contributed by atoms with Crippen LogP contribution in [-0.4, -0.2) is 21.6 Å². The molecule has 1 aromatic carbocycles. The third-order valence-corrected chi connectivity index (χ3v) is 4.13. The molecule has 0 unspecified atom stereocenters. The quantitative estimate of drug-likeness (QED) is 0.799. The van der Waals surface area contributed by atoms with Gasteiger partial charge in [0, 0.05) is 19.5 Å². The number of rotatable bonds is 3. The highest BCUT2D eigenvalue weighted by atomic mass is 79.9. The number of imidazole rings is 1. The van der Waals surface area contributed by atoms with E-state index in [0.29, 0.717) is 5.89 Å². The van der Waals surface area contributed by atoms with Crippen LogP contribution in [0.4, 0.5) is 0 Å². The smallest absolute Gasteiger partial charge is 0.192 e. The molecule has 6 heteroatoms. The molecule has 2 heterocycles. The molecular formula is C14H15BrN4O. The van der Waals surface area contributed by atoms with Crippen molar-refractivity contribution in [2.45, 2.75) is 13.5 Å². The Bertz CT molecular complexity index is 775. The molecule has 3 rings (SSSR count). The van der Waals surface area contributed by atoms with Crippen LogP contribution in [0.3, 0.4) is 0 Å². The van der Waals surface area contributed by atoms with Crippen LogP contribution in [0.25, 0.3) is 22.4 Å². The summed E-state index contributed by atoms with van der Waals surface area (Å²) in [6, 6.07) is 5.94. The van der Waals surface area contributed by atoms with Crippen molar-refractivity contribution in [1.82, 2.24) is 19.9 Å². The van der Waals surface area contributed by atoms with E-state index in [0.717, 1.165) is 39.3 Å². The van der Waals surface area contributed by atoms with Gasteiger partial charge in [0.25, 0.3) is 0 Å². The zero-order chi connectivity index (χ0) is 14.3. The third kappa shape index (κ3) is 2.14. The number of aryl methyl sites for hydroxylation is 1. The molecule has 0 saturated carbocycles. The fourth-order valence-corrected chi connectivity index (χ4v) is 2.73. The van der Waals surface area contributed by atoms with Gasteiger partial charge in [-0.2, -0.15) is 0 Å². The standard InChI is InChI=1S/C14H15BrN4O/c1-8-17-10-6-9(4-5-11(10)20-8)13-14(15)19(3)12(18-13)7-16-2/h4-6,16H,7H2,1-3H3. The number of nitrogens with zero attached hydrogens (tertiary/aromatic N) is 3. The minimum atomic E-state index is 0.674. The summed E-state index contributed by atoms with van der Waals surface area (Å²) >= 11 is 3.61. The summed E-state index contributed by atoms with van der Waals surface area (Å²) in [5.41, 5.74) is 3.59. The van der Waals surface area contributed by atoms with E-state index in [9.17, 15) is 0 Å². The van der Waals surface area contributed by atoms with Crippen molar-refractivity contribution in [3.63, 3.8) is 0 Å². The zero-order valence-corrected chi connectivity index (χ0v) is 13.2. The minimum absolute atomic E-state index is 0.674. The molecule has 0 bridgehead atoms. The van der Waals surface area contributed by atoms with E-state index in [-0.39, 0.29) is 0 Å². The van der Waals surface area contributed by atoms with Crippen LogP contribution >= 0.6 is 15.9 Å². The average molecular weight is 335 g/mol. The lowest BCUT2D eigenvalue weighted by Crippen LogP contribution is -2.10. The molecule has 2 aromatic heterocycles. The van der Waals surface area contributed by atoms with E-state index in [1.807, 2.05) is 43.8 Å². The van der Waals surface area contributed by atoms with Gasteiger partial charge in [-0.1, -0.05) is 0 Å². The molecule has 104 valence electrons. The highest BCUT2D eigenvalue weighted by Gasteiger charge is 2.15. The molecule has 0 fully saturated rings. The van der Waals surface area contributed by atoms with Crippen LogP contribution in [0.2, 0.25) is 0 Å². The summed E-state index contributed by atoms with van der Waals surface area (Å²) in [5, 5.41) is 3.12. The number of nitrogens with one attached hydrogen (secondary N) is 1. The van der Waals surface area contributed by atoms with Gasteiger partial charge in [0.2, 0.25) is 0 Å². The van der Waals surface area contributed by atoms with E-state index in [2.05, 4.69) is 31.2 Å². The fraction of sp³-hybridized carbons (Fsp3) is 0.286. The lowest BCUT2D eigenvalue weighted by molar-refractivity contribution is 0.561. The normalized spacial score (nSPS) is 11.4. The number of aromatic nitrogens is 3. The molecule has 0 spiro atoms. The van der Waals surface area contributed by atoms with Crippen molar-refractivity contribution in [2.24, 2.45) is 7.05 Å². The Morgan fingerprint density at radius 2 is 2.15 bits per heavy atom. The molecule has 3 aromatic rings. The Hall–Kier alpha value is -1.66. The van der Waals surface area contributed by atoms with Gasteiger partial charge in [-0.25, -0.2) is 9.97 Å². The van der Waals surface area contributed by atoms with E-state index in [1.165, 1.54) is 0 Å². The third-order valence-electron chi connectivity index (χ3n) is 3.22. The zero-order valence-electron chi connectivity index (χ0n) is 11.6.